The molecule has 0 aliphatic heterocycles. The second-order valence-corrected chi connectivity index (χ2v) is 4.11. The van der Waals surface area contributed by atoms with E-state index in [4.69, 9.17) is 9.47 Å². The summed E-state index contributed by atoms with van der Waals surface area (Å²) in [6, 6.07) is 15.9. The van der Waals surface area contributed by atoms with Crippen LogP contribution in [0, 0.1) is 6.54 Å². The van der Waals surface area contributed by atoms with Gasteiger partial charge < -0.3 is 14.8 Å². The number of rotatable bonds is 6. The molecule has 0 spiro atoms. The van der Waals surface area contributed by atoms with Gasteiger partial charge in [0.2, 0.25) is 0 Å². The highest BCUT2D eigenvalue weighted by atomic mass is 16.5. The van der Waals surface area contributed by atoms with E-state index >= 15 is 0 Å². The van der Waals surface area contributed by atoms with E-state index < -0.39 is 0 Å². The van der Waals surface area contributed by atoms with Crippen LogP contribution in [0.4, 0.5) is 0 Å². The number of nitrogens with one attached hydrogen (secondary N) is 1. The molecule has 0 amide bonds. The number of hydrogen-bond donors (Lipinski definition) is 1. The van der Waals surface area contributed by atoms with Crippen molar-refractivity contribution in [3.8, 4) is 11.5 Å². The summed E-state index contributed by atoms with van der Waals surface area (Å²) in [5, 5.41) is 3.28. The van der Waals surface area contributed by atoms with Crippen LogP contribution in [0.3, 0.4) is 0 Å². The molecule has 0 atom stereocenters. The largest absolute Gasteiger partial charge is 0.497 e. The summed E-state index contributed by atoms with van der Waals surface area (Å²) in [6.45, 7) is 2.67. The van der Waals surface area contributed by atoms with Gasteiger partial charge in [0.1, 0.15) is 11.5 Å². The Hall–Kier alpha value is -2.00. The minimum atomic E-state index is 0.690. The fourth-order valence-corrected chi connectivity index (χ4v) is 1.85. The van der Waals surface area contributed by atoms with E-state index in [1.807, 2.05) is 42.9 Å². The molecule has 99 valence electrons. The van der Waals surface area contributed by atoms with E-state index in [-0.39, 0.29) is 0 Å². The van der Waals surface area contributed by atoms with Crippen LogP contribution < -0.4 is 14.8 Å². The Morgan fingerprint density at radius 1 is 1.00 bits per heavy atom. The summed E-state index contributed by atoms with van der Waals surface area (Å²) in [5.74, 6) is 1.69. The van der Waals surface area contributed by atoms with Gasteiger partial charge in [-0.3, -0.25) is 0 Å². The molecule has 1 radical (unpaired) electrons. The lowest BCUT2D eigenvalue weighted by Gasteiger charge is -2.11. The highest BCUT2D eigenvalue weighted by Crippen LogP contribution is 2.23. The van der Waals surface area contributed by atoms with Crippen LogP contribution in [0.1, 0.15) is 11.1 Å². The maximum absolute atomic E-state index is 5.34. The van der Waals surface area contributed by atoms with Gasteiger partial charge in [-0.1, -0.05) is 30.3 Å². The first kappa shape index (κ1) is 13.4. The molecule has 0 aliphatic carbocycles. The minimum Gasteiger partial charge on any atom is -0.497 e. The SMILES string of the molecule is COc1ccc(OC)c(CN[CH]c2ccccc2)c1. The summed E-state index contributed by atoms with van der Waals surface area (Å²) < 4.78 is 10.6. The molecule has 0 aliphatic rings. The Bertz CT molecular complexity index is 511. The molecule has 1 N–H and O–H groups in total. The molecular weight excluding hydrogens is 238 g/mol. The van der Waals surface area contributed by atoms with E-state index in [2.05, 4.69) is 17.4 Å². The Morgan fingerprint density at radius 3 is 2.47 bits per heavy atom. The van der Waals surface area contributed by atoms with Gasteiger partial charge in [-0.2, -0.15) is 0 Å². The number of ether oxygens (including phenoxy) is 2. The van der Waals surface area contributed by atoms with Crippen LogP contribution in [0.15, 0.2) is 48.5 Å². The zero-order valence-corrected chi connectivity index (χ0v) is 11.2. The second kappa shape index (κ2) is 6.81. The van der Waals surface area contributed by atoms with Crippen molar-refractivity contribution in [1.82, 2.24) is 5.32 Å². The first-order chi connectivity index (χ1) is 9.33. The maximum Gasteiger partial charge on any atom is 0.123 e. The predicted octanol–water partition coefficient (Wildman–Crippen LogP) is 3.00. The molecule has 0 saturated heterocycles. The minimum absolute atomic E-state index is 0.690. The first-order valence-electron chi connectivity index (χ1n) is 6.16. The van der Waals surface area contributed by atoms with Crippen molar-refractivity contribution in [2.24, 2.45) is 0 Å². The lowest BCUT2D eigenvalue weighted by atomic mass is 10.1. The topological polar surface area (TPSA) is 30.5 Å². The van der Waals surface area contributed by atoms with E-state index in [1.54, 1.807) is 14.2 Å². The van der Waals surface area contributed by atoms with Crippen molar-refractivity contribution >= 4 is 0 Å². The first-order valence-corrected chi connectivity index (χ1v) is 6.16. The number of hydrogen-bond acceptors (Lipinski definition) is 3. The van der Waals surface area contributed by atoms with Crippen molar-refractivity contribution in [3.63, 3.8) is 0 Å². The average molecular weight is 256 g/mol. The lowest BCUT2D eigenvalue weighted by molar-refractivity contribution is 0.398. The Balaban J connectivity index is 1.98. The summed E-state index contributed by atoms with van der Waals surface area (Å²) in [6.07, 6.45) is 0. The Kier molecular flexibility index (Phi) is 4.81. The molecule has 3 nitrogen and oxygen atoms in total. The summed E-state index contributed by atoms with van der Waals surface area (Å²) >= 11 is 0. The van der Waals surface area contributed by atoms with Gasteiger partial charge >= 0.3 is 0 Å². The maximum atomic E-state index is 5.34. The number of methoxy groups -OCH3 is 2. The van der Waals surface area contributed by atoms with Crippen molar-refractivity contribution in [3.05, 3.63) is 66.2 Å². The van der Waals surface area contributed by atoms with Crippen LogP contribution in [-0.2, 0) is 6.54 Å². The Labute approximate surface area is 114 Å². The van der Waals surface area contributed by atoms with Crippen LogP contribution >= 0.6 is 0 Å². The van der Waals surface area contributed by atoms with Crippen molar-refractivity contribution in [2.45, 2.75) is 6.54 Å². The third kappa shape index (κ3) is 3.73. The van der Waals surface area contributed by atoms with Crippen LogP contribution in [0.5, 0.6) is 11.5 Å². The molecule has 0 heterocycles. The molecule has 2 aromatic carbocycles. The summed E-state index contributed by atoms with van der Waals surface area (Å²) in [5.41, 5.74) is 2.21. The zero-order chi connectivity index (χ0) is 13.5. The Morgan fingerprint density at radius 2 is 1.79 bits per heavy atom. The highest BCUT2D eigenvalue weighted by molar-refractivity contribution is 5.40. The summed E-state index contributed by atoms with van der Waals surface area (Å²) in [7, 11) is 3.33. The van der Waals surface area contributed by atoms with Gasteiger partial charge in [0.25, 0.3) is 0 Å². The second-order valence-electron chi connectivity index (χ2n) is 4.11. The van der Waals surface area contributed by atoms with E-state index in [9.17, 15) is 0 Å². The van der Waals surface area contributed by atoms with E-state index in [0.29, 0.717) is 6.54 Å². The molecule has 0 saturated carbocycles. The van der Waals surface area contributed by atoms with Crippen molar-refractivity contribution < 1.29 is 9.47 Å². The van der Waals surface area contributed by atoms with Gasteiger partial charge in [-0.15, -0.1) is 0 Å². The average Bonchev–Trinajstić information content (AvgIpc) is 2.48. The molecule has 3 heteroatoms. The van der Waals surface area contributed by atoms with Gasteiger partial charge in [0.15, 0.2) is 0 Å². The van der Waals surface area contributed by atoms with Crippen LogP contribution in [0.25, 0.3) is 0 Å². The molecule has 0 fully saturated rings. The third-order valence-electron chi connectivity index (χ3n) is 2.85. The molecule has 0 unspecified atom stereocenters. The molecule has 19 heavy (non-hydrogen) atoms. The monoisotopic (exact) mass is 256 g/mol. The van der Waals surface area contributed by atoms with Gasteiger partial charge in [0.05, 0.1) is 20.8 Å². The molecule has 2 rings (SSSR count). The van der Waals surface area contributed by atoms with Crippen LogP contribution in [-0.4, -0.2) is 14.2 Å². The summed E-state index contributed by atoms with van der Waals surface area (Å²) in [4.78, 5) is 0. The quantitative estimate of drug-likeness (QED) is 0.861. The van der Waals surface area contributed by atoms with E-state index in [0.717, 1.165) is 22.6 Å². The van der Waals surface area contributed by atoms with Gasteiger partial charge in [0, 0.05) is 12.1 Å². The molecular formula is C16H18NO2. The smallest absolute Gasteiger partial charge is 0.123 e. The fourth-order valence-electron chi connectivity index (χ4n) is 1.85. The third-order valence-corrected chi connectivity index (χ3v) is 2.85. The van der Waals surface area contributed by atoms with Crippen molar-refractivity contribution in [1.29, 1.82) is 0 Å². The molecule has 0 aromatic heterocycles. The normalized spacial score (nSPS) is 10.2. The van der Waals surface area contributed by atoms with Crippen molar-refractivity contribution in [2.75, 3.05) is 14.2 Å². The van der Waals surface area contributed by atoms with Crippen LogP contribution in [0.2, 0.25) is 0 Å². The van der Waals surface area contributed by atoms with Gasteiger partial charge in [-0.25, -0.2) is 0 Å². The molecule has 0 bridgehead atoms. The van der Waals surface area contributed by atoms with Gasteiger partial charge in [-0.05, 0) is 23.8 Å². The lowest BCUT2D eigenvalue weighted by Crippen LogP contribution is -2.11. The van der Waals surface area contributed by atoms with E-state index in [1.165, 1.54) is 0 Å². The standard InChI is InChI=1S/C16H18NO2/c1-18-15-8-9-16(19-2)14(10-15)12-17-11-13-6-4-3-5-7-13/h3-11,17H,12H2,1-2H3. The molecule has 2 aromatic rings. The zero-order valence-electron chi connectivity index (χ0n) is 11.2. The predicted molar refractivity (Wildman–Crippen MR) is 76.2 cm³/mol. The number of benzene rings is 2. The highest BCUT2D eigenvalue weighted by Gasteiger charge is 2.04. The fraction of sp³-hybridized carbons (Fsp3) is 0.188.